The first kappa shape index (κ1) is 27.8. The Kier molecular flexibility index (Phi) is 6.56. The highest BCUT2D eigenvalue weighted by Crippen LogP contribution is 2.41. The van der Waals surface area contributed by atoms with E-state index in [-0.39, 0.29) is 5.70 Å². The summed E-state index contributed by atoms with van der Waals surface area (Å²) in [6.07, 6.45) is -2.32. The van der Waals surface area contributed by atoms with Gasteiger partial charge in [-0.25, -0.2) is 0 Å². The van der Waals surface area contributed by atoms with E-state index in [1.54, 1.807) is 34.9 Å². The van der Waals surface area contributed by atoms with Crippen molar-refractivity contribution in [2.24, 2.45) is 0 Å². The molecule has 7 rings (SSSR count). The van der Waals surface area contributed by atoms with Crippen LogP contribution >= 0.6 is 0 Å². The van der Waals surface area contributed by atoms with Crippen LogP contribution in [-0.4, -0.2) is 15.3 Å². The van der Waals surface area contributed by atoms with E-state index >= 15 is 0 Å². The second-order valence-electron chi connectivity index (χ2n) is 10.7. The predicted molar refractivity (Wildman–Crippen MR) is 177 cm³/mol. The van der Waals surface area contributed by atoms with Gasteiger partial charge in [0.1, 0.15) is 0 Å². The number of benzene rings is 5. The van der Waals surface area contributed by atoms with Crippen LogP contribution in [0.25, 0.3) is 55.0 Å². The van der Waals surface area contributed by atoms with Crippen LogP contribution in [0, 0.1) is 11.3 Å². The molecule has 218 valence electrons. The molecule has 45 heavy (non-hydrogen) atoms. The van der Waals surface area contributed by atoms with Crippen molar-refractivity contribution in [1.29, 1.82) is 5.26 Å². The predicted octanol–water partition coefficient (Wildman–Crippen LogP) is 9.91. The van der Waals surface area contributed by atoms with Crippen molar-refractivity contribution >= 4 is 60.7 Å². The molecule has 0 radical (unpaired) electrons. The molecule has 7 aromatic rings. The maximum atomic E-state index is 15.0. The van der Waals surface area contributed by atoms with Gasteiger partial charge in [-0.3, -0.25) is 0 Å². The highest BCUT2D eigenvalue weighted by molar-refractivity contribution is 6.13. The number of fused-ring (bicyclic) bond motifs is 6. The summed E-state index contributed by atoms with van der Waals surface area (Å²) in [6.45, 7) is 3.61. The first-order valence-corrected chi connectivity index (χ1v) is 14.2. The molecular formula is C38H25F3N4. The van der Waals surface area contributed by atoms with Gasteiger partial charge >= 0.3 is 6.18 Å². The van der Waals surface area contributed by atoms with Crippen LogP contribution in [0.4, 0.5) is 18.9 Å². The molecule has 5 aromatic carbocycles. The van der Waals surface area contributed by atoms with Crippen molar-refractivity contribution in [2.45, 2.75) is 6.18 Å². The summed E-state index contributed by atoms with van der Waals surface area (Å²) in [5, 5.41) is 13.2. The zero-order chi connectivity index (χ0) is 31.3. The van der Waals surface area contributed by atoms with Gasteiger partial charge in [0, 0.05) is 27.2 Å². The molecule has 0 saturated carbocycles. The van der Waals surface area contributed by atoms with Crippen LogP contribution < -0.4 is 5.73 Å². The number of nitrogens with zero attached hydrogens (tertiary/aromatic N) is 3. The average Bonchev–Trinajstić information content (AvgIpc) is 3.55. The summed E-state index contributed by atoms with van der Waals surface area (Å²) < 4.78 is 48.6. The third kappa shape index (κ3) is 4.55. The number of nitrogen functional groups attached to an aromatic ring is 1. The van der Waals surface area contributed by atoms with Crippen molar-refractivity contribution in [1.82, 2.24) is 9.13 Å². The first-order valence-electron chi connectivity index (χ1n) is 14.2. The molecular weight excluding hydrogens is 569 g/mol. The van der Waals surface area contributed by atoms with E-state index in [0.29, 0.717) is 33.5 Å². The van der Waals surface area contributed by atoms with Crippen LogP contribution in [-0.2, 0) is 0 Å². The lowest BCUT2D eigenvalue weighted by Gasteiger charge is -2.20. The lowest BCUT2D eigenvalue weighted by atomic mass is 10.0. The molecule has 2 N–H and O–H groups in total. The molecule has 4 nitrogen and oxygen atoms in total. The van der Waals surface area contributed by atoms with Crippen molar-refractivity contribution in [3.63, 3.8) is 0 Å². The molecule has 0 fully saturated rings. The number of anilines is 1. The molecule has 0 bridgehead atoms. The maximum absolute atomic E-state index is 15.0. The molecule has 0 saturated heterocycles. The molecule has 2 heterocycles. The minimum Gasteiger partial charge on any atom is -0.399 e. The van der Waals surface area contributed by atoms with Crippen LogP contribution in [0.5, 0.6) is 0 Å². The molecule has 0 unspecified atom stereocenters. The average molecular weight is 595 g/mol. The van der Waals surface area contributed by atoms with Crippen LogP contribution in [0.15, 0.2) is 140 Å². The Morgan fingerprint density at radius 2 is 1.24 bits per heavy atom. The van der Waals surface area contributed by atoms with Crippen molar-refractivity contribution in [3.05, 3.63) is 151 Å². The Hall–Kier alpha value is -6.00. The standard InChI is InChI=1S/C38H25F3N4/c1-2-31(38(39,40)41)37(44-32-15-6-3-12-27(32)28-13-4-7-16-33(28)44)22-35(25-11-9-10-24(20-25)23-42)45-34-17-8-5-14-29(34)30-19-18-26(43)21-36(30)45/h2-22H,1,43H2/b35-22-,37-31-. The first-order chi connectivity index (χ1) is 21.8. The molecule has 0 spiro atoms. The van der Waals surface area contributed by atoms with Crippen molar-refractivity contribution < 1.29 is 13.2 Å². The topological polar surface area (TPSA) is 59.7 Å². The third-order valence-electron chi connectivity index (χ3n) is 8.11. The summed E-state index contributed by atoms with van der Waals surface area (Å²) in [7, 11) is 0. The quantitative estimate of drug-likeness (QED) is 0.159. The number of para-hydroxylation sites is 3. The molecule has 0 aliphatic carbocycles. The Labute approximate surface area is 256 Å². The van der Waals surface area contributed by atoms with E-state index in [2.05, 4.69) is 12.6 Å². The van der Waals surface area contributed by atoms with Gasteiger partial charge in [0.25, 0.3) is 0 Å². The maximum Gasteiger partial charge on any atom is 0.418 e. The summed E-state index contributed by atoms with van der Waals surface area (Å²) in [4.78, 5) is 0. The molecule has 0 aliphatic rings. The number of halogens is 3. The van der Waals surface area contributed by atoms with Gasteiger partial charge in [-0.2, -0.15) is 18.4 Å². The normalized spacial score (nSPS) is 13.0. The summed E-state index contributed by atoms with van der Waals surface area (Å²) in [6, 6.07) is 37.1. The highest BCUT2D eigenvalue weighted by Gasteiger charge is 2.35. The minimum atomic E-state index is -4.73. The van der Waals surface area contributed by atoms with Gasteiger partial charge in [0.2, 0.25) is 0 Å². The van der Waals surface area contributed by atoms with Crippen LogP contribution in [0.1, 0.15) is 11.1 Å². The molecule has 0 amide bonds. The molecule has 0 aliphatic heterocycles. The lowest BCUT2D eigenvalue weighted by molar-refractivity contribution is -0.0877. The number of aromatic nitrogens is 2. The van der Waals surface area contributed by atoms with Crippen molar-refractivity contribution in [3.8, 4) is 6.07 Å². The summed E-state index contributed by atoms with van der Waals surface area (Å²) in [5.74, 6) is 0. The summed E-state index contributed by atoms with van der Waals surface area (Å²) >= 11 is 0. The van der Waals surface area contributed by atoms with Gasteiger partial charge in [-0.15, -0.1) is 0 Å². The van der Waals surface area contributed by atoms with Gasteiger partial charge in [0.05, 0.1) is 50.7 Å². The Morgan fingerprint density at radius 1 is 0.689 bits per heavy atom. The lowest BCUT2D eigenvalue weighted by Crippen LogP contribution is -2.15. The van der Waals surface area contributed by atoms with Gasteiger partial charge in [-0.05, 0) is 54.1 Å². The van der Waals surface area contributed by atoms with Crippen LogP contribution in [0.2, 0.25) is 0 Å². The minimum absolute atomic E-state index is 0.109. The second kappa shape index (κ2) is 10.6. The fourth-order valence-corrected chi connectivity index (χ4v) is 6.21. The Balaban J connectivity index is 1.70. The van der Waals surface area contributed by atoms with Crippen molar-refractivity contribution in [2.75, 3.05) is 5.73 Å². The van der Waals surface area contributed by atoms with E-state index < -0.39 is 11.7 Å². The van der Waals surface area contributed by atoms with E-state index in [1.165, 1.54) is 0 Å². The number of nitriles is 1. The van der Waals surface area contributed by atoms with Gasteiger partial charge < -0.3 is 14.9 Å². The number of rotatable bonds is 5. The number of hydrogen-bond acceptors (Lipinski definition) is 2. The largest absolute Gasteiger partial charge is 0.418 e. The smallest absolute Gasteiger partial charge is 0.399 e. The van der Waals surface area contributed by atoms with E-state index in [1.807, 2.05) is 95.6 Å². The number of nitrogens with two attached hydrogens (primary N) is 1. The summed E-state index contributed by atoms with van der Waals surface area (Å²) in [5.41, 5.74) is 9.88. The SMILES string of the molecule is C=C/C(=C(\C=C(\c1cccc(C#N)c1)n1c2ccccc2c2ccc(N)cc21)n1c2ccccc2c2ccccc21)C(F)(F)F. The zero-order valence-corrected chi connectivity index (χ0v) is 23.9. The molecule has 0 atom stereocenters. The van der Waals surface area contributed by atoms with E-state index in [0.717, 1.165) is 38.7 Å². The molecule has 2 aromatic heterocycles. The number of allylic oxidation sites excluding steroid dienone is 4. The number of hydrogen-bond donors (Lipinski definition) is 1. The third-order valence-corrected chi connectivity index (χ3v) is 8.11. The van der Waals surface area contributed by atoms with Gasteiger partial charge in [-0.1, -0.05) is 85.5 Å². The highest BCUT2D eigenvalue weighted by atomic mass is 19.4. The Bertz CT molecular complexity index is 2360. The molecule has 7 heteroatoms. The second-order valence-corrected chi connectivity index (χ2v) is 10.7. The van der Waals surface area contributed by atoms with E-state index in [4.69, 9.17) is 5.73 Å². The Morgan fingerprint density at radius 3 is 1.80 bits per heavy atom. The fourth-order valence-electron chi connectivity index (χ4n) is 6.21. The fraction of sp³-hybridized carbons (Fsp3) is 0.0263. The monoisotopic (exact) mass is 594 g/mol. The van der Waals surface area contributed by atoms with Crippen LogP contribution in [0.3, 0.4) is 0 Å². The zero-order valence-electron chi connectivity index (χ0n) is 23.9. The van der Waals surface area contributed by atoms with E-state index in [9.17, 15) is 18.4 Å². The number of alkyl halides is 3. The van der Waals surface area contributed by atoms with Gasteiger partial charge in [0.15, 0.2) is 0 Å².